The van der Waals surface area contributed by atoms with E-state index in [-0.39, 0.29) is 17.9 Å². The number of rotatable bonds is 5. The number of nitrogens with zero attached hydrogens (tertiary/aromatic N) is 1. The topological polar surface area (TPSA) is 58.4 Å². The van der Waals surface area contributed by atoms with Gasteiger partial charge in [0.2, 0.25) is 5.91 Å². The normalized spacial score (nSPS) is 36.6. The van der Waals surface area contributed by atoms with E-state index in [4.69, 9.17) is 5.73 Å². The summed E-state index contributed by atoms with van der Waals surface area (Å²) in [6.07, 6.45) is 6.18. The molecule has 4 nitrogen and oxygen atoms in total. The van der Waals surface area contributed by atoms with Crippen LogP contribution in [0, 0.1) is 29.6 Å². The Kier molecular flexibility index (Phi) is 5.32. The van der Waals surface area contributed by atoms with E-state index in [9.17, 15) is 4.79 Å². The standard InChI is InChI=1S/C19H35N3O/c1-12(2)16(22-8-6-13(3)7-9-22)11-21-19(23)17-14-4-5-15(10-14)18(17)20/h12-18H,4-11,20H2,1-3H3,(H,21,23). The molecule has 1 saturated heterocycles. The van der Waals surface area contributed by atoms with Crippen LogP contribution in [0.2, 0.25) is 0 Å². The van der Waals surface area contributed by atoms with Crippen LogP contribution in [-0.4, -0.2) is 42.5 Å². The predicted octanol–water partition coefficient (Wildman–Crippen LogP) is 2.23. The van der Waals surface area contributed by atoms with Gasteiger partial charge in [0, 0.05) is 18.6 Å². The number of hydrogen-bond acceptors (Lipinski definition) is 3. The zero-order chi connectivity index (χ0) is 16.6. The molecule has 2 saturated carbocycles. The highest BCUT2D eigenvalue weighted by molar-refractivity contribution is 5.80. The molecule has 5 unspecified atom stereocenters. The SMILES string of the molecule is CC1CCN(C(CNC(=O)C2C3CCC(C3)C2N)C(C)C)CC1. The Morgan fingerprint density at radius 3 is 2.39 bits per heavy atom. The fraction of sp³-hybridized carbons (Fsp3) is 0.947. The van der Waals surface area contributed by atoms with E-state index in [2.05, 4.69) is 31.0 Å². The first kappa shape index (κ1) is 17.2. The first-order valence-electron chi connectivity index (χ1n) is 9.74. The predicted molar refractivity (Wildman–Crippen MR) is 93.9 cm³/mol. The summed E-state index contributed by atoms with van der Waals surface area (Å²) in [6.45, 7) is 10.0. The number of hydrogen-bond donors (Lipinski definition) is 2. The summed E-state index contributed by atoms with van der Waals surface area (Å²) in [6, 6.07) is 0.559. The molecule has 3 fully saturated rings. The van der Waals surface area contributed by atoms with Crippen LogP contribution in [-0.2, 0) is 4.79 Å². The minimum Gasteiger partial charge on any atom is -0.354 e. The molecule has 23 heavy (non-hydrogen) atoms. The maximum absolute atomic E-state index is 12.7. The lowest BCUT2D eigenvalue weighted by molar-refractivity contribution is -0.127. The molecule has 0 aromatic heterocycles. The molecule has 4 heteroatoms. The van der Waals surface area contributed by atoms with Gasteiger partial charge >= 0.3 is 0 Å². The Morgan fingerprint density at radius 2 is 1.83 bits per heavy atom. The van der Waals surface area contributed by atoms with Gasteiger partial charge in [0.1, 0.15) is 0 Å². The zero-order valence-corrected chi connectivity index (χ0v) is 15.1. The maximum Gasteiger partial charge on any atom is 0.225 e. The van der Waals surface area contributed by atoms with Crippen LogP contribution < -0.4 is 11.1 Å². The monoisotopic (exact) mass is 321 g/mol. The maximum atomic E-state index is 12.7. The minimum atomic E-state index is 0.0722. The highest BCUT2D eigenvalue weighted by atomic mass is 16.2. The average Bonchev–Trinajstić information content (AvgIpc) is 3.09. The van der Waals surface area contributed by atoms with Gasteiger partial charge in [-0.3, -0.25) is 9.69 Å². The van der Waals surface area contributed by atoms with Gasteiger partial charge in [0.15, 0.2) is 0 Å². The molecule has 1 aliphatic heterocycles. The summed E-state index contributed by atoms with van der Waals surface area (Å²) < 4.78 is 0. The fourth-order valence-electron chi connectivity index (χ4n) is 5.19. The largest absolute Gasteiger partial charge is 0.354 e. The van der Waals surface area contributed by atoms with Crippen molar-refractivity contribution in [3.05, 3.63) is 0 Å². The molecule has 0 spiro atoms. The molecule has 132 valence electrons. The Hall–Kier alpha value is -0.610. The van der Waals surface area contributed by atoms with Gasteiger partial charge in [0.25, 0.3) is 0 Å². The number of amides is 1. The van der Waals surface area contributed by atoms with E-state index in [0.29, 0.717) is 23.8 Å². The summed E-state index contributed by atoms with van der Waals surface area (Å²) in [4.78, 5) is 15.3. The van der Waals surface area contributed by atoms with Crippen LogP contribution in [0.1, 0.15) is 52.9 Å². The lowest BCUT2D eigenvalue weighted by Gasteiger charge is -2.39. The molecule has 3 N–H and O–H groups in total. The molecule has 1 heterocycles. The summed E-state index contributed by atoms with van der Waals surface area (Å²) in [5.74, 6) is 2.85. The average molecular weight is 322 g/mol. The van der Waals surface area contributed by atoms with Gasteiger partial charge in [-0.15, -0.1) is 0 Å². The molecule has 2 aliphatic carbocycles. The van der Waals surface area contributed by atoms with Gasteiger partial charge in [-0.05, 0) is 68.9 Å². The number of nitrogens with one attached hydrogen (secondary N) is 1. The van der Waals surface area contributed by atoms with Crippen LogP contribution in [0.5, 0.6) is 0 Å². The number of likely N-dealkylation sites (tertiary alicyclic amines) is 1. The van der Waals surface area contributed by atoms with Crippen molar-refractivity contribution in [1.82, 2.24) is 10.2 Å². The van der Waals surface area contributed by atoms with Gasteiger partial charge in [-0.25, -0.2) is 0 Å². The second-order valence-corrected chi connectivity index (χ2v) is 8.71. The quantitative estimate of drug-likeness (QED) is 0.816. The third-order valence-corrected chi connectivity index (χ3v) is 6.83. The van der Waals surface area contributed by atoms with Gasteiger partial charge in [-0.2, -0.15) is 0 Å². The van der Waals surface area contributed by atoms with E-state index < -0.39 is 0 Å². The molecule has 3 aliphatic rings. The molecule has 2 bridgehead atoms. The van der Waals surface area contributed by atoms with Crippen molar-refractivity contribution in [2.75, 3.05) is 19.6 Å². The molecule has 0 aromatic carbocycles. The van der Waals surface area contributed by atoms with Gasteiger partial charge in [-0.1, -0.05) is 20.8 Å². The van der Waals surface area contributed by atoms with Crippen molar-refractivity contribution in [2.45, 2.75) is 65.0 Å². The summed E-state index contributed by atoms with van der Waals surface area (Å²) in [7, 11) is 0. The number of carbonyl (C=O) groups excluding carboxylic acids is 1. The van der Waals surface area contributed by atoms with E-state index >= 15 is 0 Å². The molecular weight excluding hydrogens is 286 g/mol. The zero-order valence-electron chi connectivity index (χ0n) is 15.1. The number of piperidine rings is 1. The molecule has 0 aromatic rings. The highest BCUT2D eigenvalue weighted by Gasteiger charge is 2.49. The molecular formula is C19H35N3O. The van der Waals surface area contributed by atoms with Crippen molar-refractivity contribution >= 4 is 5.91 Å². The van der Waals surface area contributed by atoms with Gasteiger partial charge in [0.05, 0.1) is 5.92 Å². The number of nitrogens with two attached hydrogens (primary N) is 1. The smallest absolute Gasteiger partial charge is 0.225 e. The molecule has 0 radical (unpaired) electrons. The first-order chi connectivity index (χ1) is 11.0. The van der Waals surface area contributed by atoms with Crippen LogP contribution in [0.25, 0.3) is 0 Å². The second kappa shape index (κ2) is 7.10. The summed E-state index contributed by atoms with van der Waals surface area (Å²) in [5, 5.41) is 3.27. The molecule has 1 amide bonds. The molecule has 3 rings (SSSR count). The number of fused-ring (bicyclic) bond motifs is 2. The fourth-order valence-corrected chi connectivity index (χ4v) is 5.19. The Morgan fingerprint density at radius 1 is 1.17 bits per heavy atom. The highest BCUT2D eigenvalue weighted by Crippen LogP contribution is 2.47. The van der Waals surface area contributed by atoms with Crippen molar-refractivity contribution in [3.63, 3.8) is 0 Å². The van der Waals surface area contributed by atoms with Crippen LogP contribution in [0.4, 0.5) is 0 Å². The van der Waals surface area contributed by atoms with E-state index in [1.54, 1.807) is 0 Å². The minimum absolute atomic E-state index is 0.0722. The van der Waals surface area contributed by atoms with Crippen molar-refractivity contribution in [1.29, 1.82) is 0 Å². The first-order valence-corrected chi connectivity index (χ1v) is 9.74. The summed E-state index contributed by atoms with van der Waals surface area (Å²) in [5.41, 5.74) is 6.32. The Labute approximate surface area is 141 Å². The third-order valence-electron chi connectivity index (χ3n) is 6.83. The van der Waals surface area contributed by atoms with Crippen LogP contribution >= 0.6 is 0 Å². The van der Waals surface area contributed by atoms with Crippen molar-refractivity contribution < 1.29 is 4.79 Å². The Bertz CT molecular complexity index is 415. The van der Waals surface area contributed by atoms with Crippen molar-refractivity contribution in [2.24, 2.45) is 35.3 Å². The third kappa shape index (κ3) is 3.58. The lowest BCUT2D eigenvalue weighted by Crippen LogP contribution is -2.52. The van der Waals surface area contributed by atoms with Crippen LogP contribution in [0.15, 0.2) is 0 Å². The lowest BCUT2D eigenvalue weighted by atomic mass is 9.84. The number of carbonyl (C=O) groups is 1. The van der Waals surface area contributed by atoms with Crippen LogP contribution in [0.3, 0.4) is 0 Å². The van der Waals surface area contributed by atoms with E-state index in [1.165, 1.54) is 45.2 Å². The molecule has 5 atom stereocenters. The second-order valence-electron chi connectivity index (χ2n) is 8.71. The van der Waals surface area contributed by atoms with E-state index in [0.717, 1.165) is 12.5 Å². The van der Waals surface area contributed by atoms with Crippen molar-refractivity contribution in [3.8, 4) is 0 Å². The van der Waals surface area contributed by atoms with E-state index in [1.807, 2.05) is 0 Å². The Balaban J connectivity index is 1.53. The van der Waals surface area contributed by atoms with Gasteiger partial charge < -0.3 is 11.1 Å². The summed E-state index contributed by atoms with van der Waals surface area (Å²) >= 11 is 0.